The second kappa shape index (κ2) is 6.27. The largest absolute Gasteiger partial charge is 0.328 e. The topological polar surface area (TPSA) is 107 Å². The molecule has 1 saturated heterocycles. The van der Waals surface area contributed by atoms with E-state index in [1.54, 1.807) is 0 Å². The van der Waals surface area contributed by atoms with Crippen LogP contribution in [0.4, 0.5) is 10.1 Å². The van der Waals surface area contributed by atoms with E-state index >= 15 is 0 Å². The van der Waals surface area contributed by atoms with Crippen LogP contribution in [0.25, 0.3) is 0 Å². The van der Waals surface area contributed by atoms with E-state index in [1.165, 1.54) is 0 Å². The fourth-order valence-corrected chi connectivity index (χ4v) is 4.34. The molecule has 0 saturated carbocycles. The molecule has 1 fully saturated rings. The van der Waals surface area contributed by atoms with Crippen molar-refractivity contribution in [2.75, 3.05) is 13.1 Å². The van der Waals surface area contributed by atoms with E-state index in [0.717, 1.165) is 22.5 Å². The first-order valence-corrected chi connectivity index (χ1v) is 8.37. The normalized spacial score (nSPS) is 19.0. The highest BCUT2D eigenvalue weighted by Crippen LogP contribution is 2.31. The van der Waals surface area contributed by atoms with Crippen molar-refractivity contribution in [1.82, 2.24) is 4.31 Å². The van der Waals surface area contributed by atoms with Gasteiger partial charge in [0.05, 0.1) is 4.92 Å². The summed E-state index contributed by atoms with van der Waals surface area (Å²) in [4.78, 5) is 9.24. The average molecular weight is 331 g/mol. The highest BCUT2D eigenvalue weighted by atomic mass is 32.2. The van der Waals surface area contributed by atoms with Gasteiger partial charge in [0, 0.05) is 25.2 Å². The standard InChI is InChI=1S/C13H18FN3O4S/c1-9(15)10-5-7-16(8-6-10)22(20,21)13-11(14)3-2-4-12(13)17(18)19/h2-4,9-10H,5-8,15H2,1H3. The number of piperidine rings is 1. The lowest BCUT2D eigenvalue weighted by Gasteiger charge is -2.32. The first-order valence-electron chi connectivity index (χ1n) is 6.93. The average Bonchev–Trinajstić information content (AvgIpc) is 2.46. The van der Waals surface area contributed by atoms with Crippen molar-refractivity contribution in [3.8, 4) is 0 Å². The Hall–Kier alpha value is -1.58. The van der Waals surface area contributed by atoms with Gasteiger partial charge in [0.15, 0.2) is 4.90 Å². The van der Waals surface area contributed by atoms with Gasteiger partial charge in [0.25, 0.3) is 15.7 Å². The van der Waals surface area contributed by atoms with Crippen LogP contribution in [0.2, 0.25) is 0 Å². The van der Waals surface area contributed by atoms with Crippen molar-refractivity contribution >= 4 is 15.7 Å². The Bertz CT molecular complexity index is 670. The van der Waals surface area contributed by atoms with Crippen LogP contribution >= 0.6 is 0 Å². The number of nitro benzene ring substituents is 1. The predicted octanol–water partition coefficient (Wildman–Crippen LogP) is 1.48. The molecule has 1 aliphatic rings. The van der Waals surface area contributed by atoms with Crippen LogP contribution in [0.5, 0.6) is 0 Å². The SMILES string of the molecule is CC(N)C1CCN(S(=O)(=O)c2c(F)cccc2[N+](=O)[O-])CC1. The number of nitrogens with zero attached hydrogens (tertiary/aromatic N) is 2. The summed E-state index contributed by atoms with van der Waals surface area (Å²) in [6.07, 6.45) is 1.11. The molecule has 1 aromatic carbocycles. The molecule has 1 heterocycles. The minimum absolute atomic E-state index is 0.0485. The Balaban J connectivity index is 2.35. The summed E-state index contributed by atoms with van der Waals surface area (Å²) < 4.78 is 40.2. The van der Waals surface area contributed by atoms with Gasteiger partial charge in [-0.25, -0.2) is 12.8 Å². The van der Waals surface area contributed by atoms with Gasteiger partial charge >= 0.3 is 0 Å². The zero-order chi connectivity index (χ0) is 16.5. The molecule has 7 nitrogen and oxygen atoms in total. The second-order valence-corrected chi connectivity index (χ2v) is 7.32. The van der Waals surface area contributed by atoms with Gasteiger partial charge in [-0.05, 0) is 31.7 Å². The molecular formula is C13H18FN3O4S. The molecule has 0 amide bonds. The lowest BCUT2D eigenvalue weighted by Crippen LogP contribution is -2.42. The fraction of sp³-hybridized carbons (Fsp3) is 0.538. The Morgan fingerprint density at radius 3 is 2.50 bits per heavy atom. The molecule has 0 aliphatic carbocycles. The van der Waals surface area contributed by atoms with Crippen molar-refractivity contribution in [1.29, 1.82) is 0 Å². The van der Waals surface area contributed by atoms with Crippen LogP contribution in [0.3, 0.4) is 0 Å². The third-order valence-electron chi connectivity index (χ3n) is 3.98. The quantitative estimate of drug-likeness (QED) is 0.664. The number of halogens is 1. The molecule has 0 radical (unpaired) electrons. The highest BCUT2D eigenvalue weighted by Gasteiger charge is 2.37. The van der Waals surface area contributed by atoms with Crippen LogP contribution in [-0.4, -0.2) is 36.8 Å². The predicted molar refractivity (Wildman–Crippen MR) is 78.2 cm³/mol. The maximum Gasteiger partial charge on any atom is 0.292 e. The van der Waals surface area contributed by atoms with Crippen molar-refractivity contribution in [3.63, 3.8) is 0 Å². The van der Waals surface area contributed by atoms with Crippen molar-refractivity contribution in [3.05, 3.63) is 34.1 Å². The molecule has 2 rings (SSSR count). The van der Waals surface area contributed by atoms with Crippen LogP contribution in [0.1, 0.15) is 19.8 Å². The molecule has 22 heavy (non-hydrogen) atoms. The summed E-state index contributed by atoms with van der Waals surface area (Å²) in [6.45, 7) is 2.22. The number of benzene rings is 1. The van der Waals surface area contributed by atoms with Crippen molar-refractivity contribution in [2.45, 2.75) is 30.7 Å². The maximum atomic E-state index is 13.9. The molecular weight excluding hydrogens is 313 g/mol. The summed E-state index contributed by atoms with van der Waals surface area (Å²) in [5.74, 6) is -0.912. The number of hydrogen-bond donors (Lipinski definition) is 1. The number of nitro groups is 1. The highest BCUT2D eigenvalue weighted by molar-refractivity contribution is 7.89. The van der Waals surface area contributed by atoms with Crippen molar-refractivity contribution < 1.29 is 17.7 Å². The van der Waals surface area contributed by atoms with E-state index < -0.39 is 31.3 Å². The maximum absolute atomic E-state index is 13.9. The summed E-state index contributed by atoms with van der Waals surface area (Å²) in [5.41, 5.74) is 5.06. The lowest BCUT2D eigenvalue weighted by molar-refractivity contribution is -0.388. The van der Waals surface area contributed by atoms with Gasteiger partial charge in [0.1, 0.15) is 5.82 Å². The first kappa shape index (κ1) is 16.8. The Kier molecular flexibility index (Phi) is 4.78. The first-order chi connectivity index (χ1) is 10.2. The monoisotopic (exact) mass is 331 g/mol. The molecule has 0 spiro atoms. The van der Waals surface area contributed by atoms with E-state index in [4.69, 9.17) is 5.73 Å². The molecule has 0 bridgehead atoms. The Morgan fingerprint density at radius 2 is 2.00 bits per heavy atom. The molecule has 1 atom stereocenters. The fourth-order valence-electron chi connectivity index (χ4n) is 2.67. The van der Waals surface area contributed by atoms with Gasteiger partial charge in [-0.3, -0.25) is 10.1 Å². The Morgan fingerprint density at radius 1 is 1.41 bits per heavy atom. The van der Waals surface area contributed by atoms with Gasteiger partial charge in [-0.2, -0.15) is 4.31 Å². The summed E-state index contributed by atoms with van der Waals surface area (Å²) in [5, 5.41) is 11.0. The summed E-state index contributed by atoms with van der Waals surface area (Å²) >= 11 is 0. The zero-order valence-corrected chi connectivity index (χ0v) is 12.9. The molecule has 1 unspecified atom stereocenters. The third kappa shape index (κ3) is 3.11. The summed E-state index contributed by atoms with van der Waals surface area (Å²) in [6, 6.07) is 2.97. The van der Waals surface area contributed by atoms with E-state index in [1.807, 2.05) is 6.92 Å². The van der Waals surface area contributed by atoms with E-state index in [-0.39, 0.29) is 25.0 Å². The van der Waals surface area contributed by atoms with Gasteiger partial charge in [-0.1, -0.05) is 6.07 Å². The number of sulfonamides is 1. The molecule has 1 aromatic rings. The van der Waals surface area contributed by atoms with E-state index in [0.29, 0.717) is 12.8 Å². The van der Waals surface area contributed by atoms with Crippen LogP contribution < -0.4 is 5.73 Å². The van der Waals surface area contributed by atoms with Gasteiger partial charge in [-0.15, -0.1) is 0 Å². The Labute approximate surface area is 128 Å². The minimum atomic E-state index is -4.24. The summed E-state index contributed by atoms with van der Waals surface area (Å²) in [7, 11) is -4.24. The smallest absolute Gasteiger partial charge is 0.292 e. The van der Waals surface area contributed by atoms with Crippen molar-refractivity contribution in [2.24, 2.45) is 11.7 Å². The third-order valence-corrected chi connectivity index (χ3v) is 5.95. The zero-order valence-electron chi connectivity index (χ0n) is 12.1. The van der Waals surface area contributed by atoms with E-state index in [2.05, 4.69) is 0 Å². The molecule has 1 aliphatic heterocycles. The van der Waals surface area contributed by atoms with E-state index in [9.17, 15) is 22.9 Å². The molecule has 122 valence electrons. The van der Waals surface area contributed by atoms with Gasteiger partial charge in [0.2, 0.25) is 0 Å². The van der Waals surface area contributed by atoms with Crippen LogP contribution in [0, 0.1) is 21.8 Å². The molecule has 9 heteroatoms. The van der Waals surface area contributed by atoms with Gasteiger partial charge < -0.3 is 5.73 Å². The number of nitrogens with two attached hydrogens (primary N) is 1. The minimum Gasteiger partial charge on any atom is -0.328 e. The van der Waals surface area contributed by atoms with Crippen LogP contribution in [0.15, 0.2) is 23.1 Å². The molecule has 0 aromatic heterocycles. The number of rotatable bonds is 4. The lowest BCUT2D eigenvalue weighted by atomic mass is 9.92. The molecule has 2 N–H and O–H groups in total. The second-order valence-electron chi connectivity index (χ2n) is 5.45. The van der Waals surface area contributed by atoms with Crippen LogP contribution in [-0.2, 0) is 10.0 Å². The number of hydrogen-bond acceptors (Lipinski definition) is 5.